The number of halogens is 1. The predicted octanol–water partition coefficient (Wildman–Crippen LogP) is -0.0838. The van der Waals surface area contributed by atoms with E-state index in [1.54, 1.807) is 0 Å². The molecule has 1 unspecified atom stereocenters. The predicted molar refractivity (Wildman–Crippen MR) is 47.0 cm³/mol. The summed E-state index contributed by atoms with van der Waals surface area (Å²) < 4.78 is 0. The SMILES string of the molecule is C=CC=NOCC(O)CN.Cl. The highest BCUT2D eigenvalue weighted by Gasteiger charge is 1.98. The molecule has 0 aromatic carbocycles. The van der Waals surface area contributed by atoms with E-state index >= 15 is 0 Å². The van der Waals surface area contributed by atoms with Crippen molar-refractivity contribution in [3.05, 3.63) is 12.7 Å². The van der Waals surface area contributed by atoms with Gasteiger partial charge in [0.05, 0.1) is 6.21 Å². The minimum Gasteiger partial charge on any atom is -0.393 e. The Morgan fingerprint density at radius 2 is 2.36 bits per heavy atom. The van der Waals surface area contributed by atoms with E-state index in [-0.39, 0.29) is 25.6 Å². The molecule has 11 heavy (non-hydrogen) atoms. The molecule has 66 valence electrons. The second-order valence-corrected chi connectivity index (χ2v) is 1.68. The lowest BCUT2D eigenvalue weighted by Gasteiger charge is -2.03. The normalized spacial score (nSPS) is 12.2. The minimum absolute atomic E-state index is 0. The highest BCUT2D eigenvalue weighted by molar-refractivity contribution is 5.85. The van der Waals surface area contributed by atoms with Gasteiger partial charge < -0.3 is 15.7 Å². The molecule has 0 amide bonds. The Morgan fingerprint density at radius 3 is 2.82 bits per heavy atom. The molecular formula is C6H13ClN2O2. The molecule has 0 fully saturated rings. The van der Waals surface area contributed by atoms with Crippen LogP contribution in [0.4, 0.5) is 0 Å². The molecule has 0 rings (SSSR count). The number of nitrogens with zero attached hydrogens (tertiary/aromatic N) is 1. The van der Waals surface area contributed by atoms with Crippen LogP contribution in [0.15, 0.2) is 17.8 Å². The van der Waals surface area contributed by atoms with Crippen LogP contribution < -0.4 is 5.73 Å². The first kappa shape index (κ1) is 13.0. The maximum Gasteiger partial charge on any atom is 0.144 e. The van der Waals surface area contributed by atoms with Crippen LogP contribution in [0.25, 0.3) is 0 Å². The lowest BCUT2D eigenvalue weighted by atomic mass is 10.4. The number of hydrogen-bond donors (Lipinski definition) is 2. The van der Waals surface area contributed by atoms with E-state index in [1.165, 1.54) is 12.3 Å². The average Bonchev–Trinajstić information content (AvgIpc) is 1.98. The average molecular weight is 181 g/mol. The first-order chi connectivity index (χ1) is 4.81. The van der Waals surface area contributed by atoms with E-state index in [4.69, 9.17) is 10.8 Å². The fraction of sp³-hybridized carbons (Fsp3) is 0.500. The summed E-state index contributed by atoms with van der Waals surface area (Å²) in [7, 11) is 0. The Bertz CT molecular complexity index is 119. The Hall–Kier alpha value is -0.580. The summed E-state index contributed by atoms with van der Waals surface area (Å²) in [6.45, 7) is 3.69. The van der Waals surface area contributed by atoms with Gasteiger partial charge in [-0.3, -0.25) is 0 Å². The summed E-state index contributed by atoms with van der Waals surface area (Å²) in [6.07, 6.45) is 2.24. The second kappa shape index (κ2) is 9.42. The van der Waals surface area contributed by atoms with Crippen LogP contribution in [0.2, 0.25) is 0 Å². The number of hydrogen-bond acceptors (Lipinski definition) is 4. The van der Waals surface area contributed by atoms with Crippen LogP contribution in [0.1, 0.15) is 0 Å². The van der Waals surface area contributed by atoms with Gasteiger partial charge >= 0.3 is 0 Å². The van der Waals surface area contributed by atoms with Gasteiger partial charge in [-0.25, -0.2) is 0 Å². The Labute approximate surface area is 72.1 Å². The van der Waals surface area contributed by atoms with Gasteiger partial charge in [0.15, 0.2) is 0 Å². The van der Waals surface area contributed by atoms with E-state index in [0.717, 1.165) is 0 Å². The van der Waals surface area contributed by atoms with Gasteiger partial charge in [0.1, 0.15) is 12.7 Å². The van der Waals surface area contributed by atoms with Gasteiger partial charge in [0, 0.05) is 6.54 Å². The van der Waals surface area contributed by atoms with Crippen molar-refractivity contribution in [3.8, 4) is 0 Å². The van der Waals surface area contributed by atoms with E-state index in [2.05, 4.69) is 16.6 Å². The highest BCUT2D eigenvalue weighted by Crippen LogP contribution is 1.81. The fourth-order valence-electron chi connectivity index (χ4n) is 0.283. The van der Waals surface area contributed by atoms with Crippen LogP contribution in [-0.4, -0.2) is 30.6 Å². The molecule has 0 radical (unpaired) electrons. The summed E-state index contributed by atoms with van der Waals surface area (Å²) in [4.78, 5) is 4.59. The molecule has 0 bridgehead atoms. The molecule has 5 heteroatoms. The van der Waals surface area contributed by atoms with Crippen molar-refractivity contribution in [2.24, 2.45) is 10.9 Å². The summed E-state index contributed by atoms with van der Waals surface area (Å²) in [5.74, 6) is 0. The molecule has 0 heterocycles. The van der Waals surface area contributed by atoms with Crippen molar-refractivity contribution in [3.63, 3.8) is 0 Å². The standard InChI is InChI=1S/C6H12N2O2.ClH/c1-2-3-8-10-5-6(9)4-7;/h2-3,6,9H,1,4-5,7H2;1H. The Morgan fingerprint density at radius 1 is 1.73 bits per heavy atom. The topological polar surface area (TPSA) is 67.8 Å². The van der Waals surface area contributed by atoms with Crippen molar-refractivity contribution in [2.75, 3.05) is 13.2 Å². The van der Waals surface area contributed by atoms with Gasteiger partial charge in [-0.05, 0) is 6.08 Å². The molecule has 0 aromatic heterocycles. The van der Waals surface area contributed by atoms with Gasteiger partial charge in [0.25, 0.3) is 0 Å². The van der Waals surface area contributed by atoms with Crippen LogP contribution in [0, 0.1) is 0 Å². The first-order valence-corrected chi connectivity index (χ1v) is 2.95. The summed E-state index contributed by atoms with van der Waals surface area (Å²) >= 11 is 0. The Balaban J connectivity index is 0. The van der Waals surface area contributed by atoms with Crippen molar-refractivity contribution in [2.45, 2.75) is 6.10 Å². The van der Waals surface area contributed by atoms with E-state index in [9.17, 15) is 0 Å². The molecule has 0 aromatic rings. The Kier molecular flexibility index (Phi) is 11.2. The van der Waals surface area contributed by atoms with Crippen LogP contribution >= 0.6 is 12.4 Å². The van der Waals surface area contributed by atoms with Gasteiger partial charge in [-0.2, -0.15) is 0 Å². The quantitative estimate of drug-likeness (QED) is 0.459. The number of rotatable bonds is 5. The van der Waals surface area contributed by atoms with Crippen LogP contribution in [-0.2, 0) is 4.84 Å². The monoisotopic (exact) mass is 180 g/mol. The number of oxime groups is 1. The zero-order chi connectivity index (χ0) is 7.82. The number of aliphatic hydroxyl groups is 1. The smallest absolute Gasteiger partial charge is 0.144 e. The zero-order valence-corrected chi connectivity index (χ0v) is 6.96. The first-order valence-electron chi connectivity index (χ1n) is 2.95. The zero-order valence-electron chi connectivity index (χ0n) is 6.14. The molecule has 3 N–H and O–H groups in total. The third-order valence-corrected chi connectivity index (χ3v) is 0.780. The largest absolute Gasteiger partial charge is 0.393 e. The highest BCUT2D eigenvalue weighted by atomic mass is 35.5. The van der Waals surface area contributed by atoms with Crippen LogP contribution in [0.5, 0.6) is 0 Å². The third-order valence-electron chi connectivity index (χ3n) is 0.780. The maximum absolute atomic E-state index is 8.81. The molecular weight excluding hydrogens is 168 g/mol. The van der Waals surface area contributed by atoms with Gasteiger partial charge in [0.2, 0.25) is 0 Å². The molecule has 4 nitrogen and oxygen atoms in total. The summed E-state index contributed by atoms with van der Waals surface area (Å²) in [6, 6.07) is 0. The van der Waals surface area contributed by atoms with Gasteiger partial charge in [-0.15, -0.1) is 12.4 Å². The van der Waals surface area contributed by atoms with Crippen molar-refractivity contribution >= 4 is 18.6 Å². The third kappa shape index (κ3) is 9.42. The molecule has 0 saturated carbocycles. The molecule has 0 aliphatic rings. The molecule has 0 saturated heterocycles. The lowest BCUT2D eigenvalue weighted by molar-refractivity contribution is 0.0457. The summed E-state index contributed by atoms with van der Waals surface area (Å²) in [5, 5.41) is 12.2. The van der Waals surface area contributed by atoms with E-state index < -0.39 is 6.10 Å². The second-order valence-electron chi connectivity index (χ2n) is 1.68. The van der Waals surface area contributed by atoms with E-state index in [1.807, 2.05) is 0 Å². The fourth-order valence-corrected chi connectivity index (χ4v) is 0.283. The number of nitrogens with two attached hydrogens (primary N) is 1. The number of allylic oxidation sites excluding steroid dienone is 1. The summed E-state index contributed by atoms with van der Waals surface area (Å²) in [5.41, 5.74) is 5.08. The van der Waals surface area contributed by atoms with Gasteiger partial charge in [-0.1, -0.05) is 11.7 Å². The minimum atomic E-state index is -0.637. The van der Waals surface area contributed by atoms with E-state index in [0.29, 0.717) is 0 Å². The van der Waals surface area contributed by atoms with Crippen molar-refractivity contribution in [1.82, 2.24) is 0 Å². The molecule has 0 spiro atoms. The molecule has 0 aliphatic carbocycles. The molecule has 0 aliphatic heterocycles. The number of aliphatic hydroxyl groups excluding tert-OH is 1. The maximum atomic E-state index is 8.81. The lowest BCUT2D eigenvalue weighted by Crippen LogP contribution is -2.24. The van der Waals surface area contributed by atoms with Crippen molar-refractivity contribution in [1.29, 1.82) is 0 Å². The van der Waals surface area contributed by atoms with Crippen molar-refractivity contribution < 1.29 is 9.94 Å². The molecule has 1 atom stereocenters. The van der Waals surface area contributed by atoms with Crippen LogP contribution in [0.3, 0.4) is 0 Å².